The third-order valence-electron chi connectivity index (χ3n) is 0. The van der Waals surface area contributed by atoms with Crippen LogP contribution in [0.4, 0.5) is 0 Å². The van der Waals surface area contributed by atoms with Crippen molar-refractivity contribution in [3.8, 4) is 0 Å². The Morgan fingerprint density at radius 3 is 1.20 bits per heavy atom. The summed E-state index contributed by atoms with van der Waals surface area (Å²) >= 11 is 0. The van der Waals surface area contributed by atoms with Crippen molar-refractivity contribution >= 4 is 93.5 Å². The Kier molecular flexibility index (Phi) is 170. The maximum absolute atomic E-state index is 0. The molecular formula is H7AlBaFePbZn. The van der Waals surface area contributed by atoms with Crippen LogP contribution in [-0.4, -0.2) is 93.5 Å². The van der Waals surface area contributed by atoms with E-state index in [0.717, 1.165) is 0 Å². The van der Waals surface area contributed by atoms with E-state index in [-0.39, 0.29) is 133 Å². The molecule has 0 unspecified atom stereocenters. The van der Waals surface area contributed by atoms with Crippen molar-refractivity contribution in [2.45, 2.75) is 0 Å². The van der Waals surface area contributed by atoms with E-state index in [0.29, 0.717) is 0 Å². The molecule has 0 nitrogen and oxygen atoms in total. The van der Waals surface area contributed by atoms with Crippen LogP contribution in [0.25, 0.3) is 0 Å². The fourth-order valence-corrected chi connectivity index (χ4v) is 0. The van der Waals surface area contributed by atoms with Gasteiger partial charge in [-0.2, -0.15) is 0 Å². The van der Waals surface area contributed by atoms with Gasteiger partial charge in [-0.3, -0.25) is 0 Å². The summed E-state index contributed by atoms with van der Waals surface area (Å²) in [6.45, 7) is 0. The second-order valence-electron chi connectivity index (χ2n) is 0. The molecule has 0 aliphatic rings. The first-order valence-corrected chi connectivity index (χ1v) is 0. The summed E-state index contributed by atoms with van der Waals surface area (Å²) in [6, 6.07) is 0. The monoisotopic (exact) mass is 500 g/mol. The molecule has 0 aromatic rings. The Hall–Kier alpha value is 4.17. The molecule has 0 rings (SSSR count). The molecule has 0 aliphatic heterocycles. The Bertz CT molecular complexity index is 17.7. The Morgan fingerprint density at radius 2 is 1.20 bits per heavy atom. The van der Waals surface area contributed by atoms with Crippen LogP contribution in [0.5, 0.6) is 0 Å². The zero-order chi connectivity index (χ0) is 0. The van der Waals surface area contributed by atoms with Gasteiger partial charge in [-0.15, -0.1) is 0 Å². The van der Waals surface area contributed by atoms with E-state index in [1.54, 1.807) is 0 Å². The second-order valence-corrected chi connectivity index (χ2v) is 0. The van der Waals surface area contributed by atoms with Crippen LogP contribution in [0, 0.1) is 0 Å². The maximum atomic E-state index is 0. The van der Waals surface area contributed by atoms with Gasteiger partial charge in [0.2, 0.25) is 0 Å². The average molecular weight is 500 g/mol. The van der Waals surface area contributed by atoms with E-state index in [1.807, 2.05) is 0 Å². The molecule has 0 heterocycles. The molecule has 0 N–H and O–H groups in total. The van der Waals surface area contributed by atoms with Crippen molar-refractivity contribution in [3.05, 3.63) is 0 Å². The van der Waals surface area contributed by atoms with E-state index < -0.39 is 0 Å². The summed E-state index contributed by atoms with van der Waals surface area (Å²) in [4.78, 5) is 0. The zero-order valence-electron chi connectivity index (χ0n) is 4.47. The third-order valence-corrected chi connectivity index (χ3v) is 0. The molecule has 0 saturated heterocycles. The molecule has 0 bridgehead atoms. The van der Waals surface area contributed by atoms with Crippen molar-refractivity contribution in [1.82, 2.24) is 0 Å². The molecule has 0 fully saturated rings. The summed E-state index contributed by atoms with van der Waals surface area (Å²) < 4.78 is 0. The Labute approximate surface area is 130 Å². The standard InChI is InChI=1S/Al.Ba.Fe.Pb.Zn.7H/q;+2;;;;;;;;;2*-1. The first-order chi connectivity index (χ1) is 0. The quantitative estimate of drug-likeness (QED) is 0.330. The van der Waals surface area contributed by atoms with Crippen molar-refractivity contribution in [3.63, 3.8) is 0 Å². The zero-order valence-corrected chi connectivity index (χ0v) is 16.5. The number of hydrogen-bond donors (Lipinski definition) is 0. The van der Waals surface area contributed by atoms with Gasteiger partial charge in [0.15, 0.2) is 17.4 Å². The van der Waals surface area contributed by atoms with Gasteiger partial charge in [-0.05, 0) is 0 Å². The molecule has 0 aliphatic carbocycles. The molecule has 0 spiro atoms. The van der Waals surface area contributed by atoms with Gasteiger partial charge in [0, 0.05) is 36.5 Å². The Balaban J connectivity index is 0. The minimum Gasteiger partial charge on any atom is 0 e. The van der Waals surface area contributed by atoms with Crippen molar-refractivity contribution < 1.29 is 39.4 Å². The molecule has 0 aromatic heterocycles. The number of rotatable bonds is 0. The summed E-state index contributed by atoms with van der Waals surface area (Å²) in [7, 11) is 0. The van der Waals surface area contributed by atoms with Gasteiger partial charge in [0.1, 0.15) is 0 Å². The predicted octanol–water partition coefficient (Wildman–Crippen LogP) is -2.26. The molecule has 0 aromatic carbocycles. The van der Waals surface area contributed by atoms with Crippen LogP contribution in [0.2, 0.25) is 0 Å². The minimum atomic E-state index is 0. The van der Waals surface area contributed by atoms with Crippen molar-refractivity contribution in [1.29, 1.82) is 0 Å². The van der Waals surface area contributed by atoms with Crippen LogP contribution in [0.1, 0.15) is 2.85 Å². The van der Waals surface area contributed by atoms with E-state index in [2.05, 4.69) is 0 Å². The summed E-state index contributed by atoms with van der Waals surface area (Å²) in [5.41, 5.74) is 0. The van der Waals surface area contributed by atoms with Crippen LogP contribution in [0.15, 0.2) is 0 Å². The van der Waals surface area contributed by atoms with E-state index in [1.165, 1.54) is 0 Å². The first kappa shape index (κ1) is 35.2. The van der Waals surface area contributed by atoms with E-state index in [4.69, 9.17) is 0 Å². The average Bonchev–Trinajstić information content (AvgIpc) is 0. The molecule has 26 valence electrons. The summed E-state index contributed by atoms with van der Waals surface area (Å²) in [5, 5.41) is 0. The first-order valence-electron chi connectivity index (χ1n) is 0. The predicted molar refractivity (Wildman–Crippen MR) is 26.5 cm³/mol. The Morgan fingerprint density at radius 1 is 1.20 bits per heavy atom. The minimum absolute atomic E-state index is 0. The second kappa shape index (κ2) is 24.2. The summed E-state index contributed by atoms with van der Waals surface area (Å²) in [5.74, 6) is 0. The van der Waals surface area contributed by atoms with Gasteiger partial charge in [0.25, 0.3) is 0 Å². The van der Waals surface area contributed by atoms with Crippen molar-refractivity contribution in [2.24, 2.45) is 0 Å². The molecule has 0 atom stereocenters. The van der Waals surface area contributed by atoms with Crippen molar-refractivity contribution in [2.75, 3.05) is 0 Å². The SMILES string of the molecule is [AlH3].[Ba+2].[Fe].[H-].[H-].[PbH2].[Zn]. The molecule has 2 radical (unpaired) electrons. The van der Waals surface area contributed by atoms with Gasteiger partial charge >= 0.3 is 76.2 Å². The largest absolute Gasteiger partial charge is 0 e. The van der Waals surface area contributed by atoms with Crippen LogP contribution >= 0.6 is 0 Å². The molecule has 0 saturated carbocycles. The molecular weight excluding hydrogens is 493 g/mol. The summed E-state index contributed by atoms with van der Waals surface area (Å²) in [6.07, 6.45) is 0. The molecule has 0 amide bonds. The van der Waals surface area contributed by atoms with Gasteiger partial charge in [-0.1, -0.05) is 0 Å². The third kappa shape index (κ3) is 17.9. The maximum Gasteiger partial charge on any atom is 0 e. The number of hydrogen-bond acceptors (Lipinski definition) is 0. The fourth-order valence-electron chi connectivity index (χ4n) is 0. The van der Waals surface area contributed by atoms with Gasteiger partial charge < -0.3 is 2.85 Å². The van der Waals surface area contributed by atoms with E-state index in [9.17, 15) is 0 Å². The van der Waals surface area contributed by atoms with Gasteiger partial charge in [0.05, 0.1) is 0 Å². The topological polar surface area (TPSA) is 0 Å². The molecule has 5 heteroatoms. The van der Waals surface area contributed by atoms with Crippen LogP contribution in [0.3, 0.4) is 0 Å². The van der Waals surface area contributed by atoms with Crippen LogP contribution in [-0.2, 0) is 36.5 Å². The normalized spacial score (nSPS) is 0. The molecule has 5 heavy (non-hydrogen) atoms. The van der Waals surface area contributed by atoms with Gasteiger partial charge in [-0.25, -0.2) is 0 Å². The van der Waals surface area contributed by atoms with E-state index >= 15 is 0 Å². The fraction of sp³-hybridized carbons (Fsp3) is 0. The smallest absolute Gasteiger partial charge is 0 e. The van der Waals surface area contributed by atoms with Crippen LogP contribution < -0.4 is 0 Å².